The molecule has 0 unspecified atom stereocenters. The van der Waals surface area contributed by atoms with Crippen molar-refractivity contribution >= 4 is 16.5 Å². The number of ether oxygens (including phenoxy) is 4. The summed E-state index contributed by atoms with van der Waals surface area (Å²) in [5, 5.41) is 0. The van der Waals surface area contributed by atoms with Crippen LogP contribution < -0.4 is 4.72 Å². The maximum Gasteiger partial charge on any atom is 0.509 e. The Morgan fingerprint density at radius 2 is 1.88 bits per heavy atom. The van der Waals surface area contributed by atoms with E-state index in [0.29, 0.717) is 0 Å². The van der Waals surface area contributed by atoms with Gasteiger partial charge in [0.25, 0.3) is 0 Å². The summed E-state index contributed by atoms with van der Waals surface area (Å²) in [6, 6.07) is 9.40. The van der Waals surface area contributed by atoms with Gasteiger partial charge in [0.15, 0.2) is 18.5 Å². The zero-order valence-corrected chi connectivity index (χ0v) is 13.6. The summed E-state index contributed by atoms with van der Waals surface area (Å²) < 4.78 is 50.6. The summed E-state index contributed by atoms with van der Waals surface area (Å²) in [6.45, 7) is 0.113. The van der Waals surface area contributed by atoms with Crippen LogP contribution in [0.25, 0.3) is 0 Å². The van der Waals surface area contributed by atoms with E-state index in [9.17, 15) is 13.2 Å². The molecule has 1 N–H and O–H groups in total. The zero-order valence-electron chi connectivity index (χ0n) is 12.8. The SMILES string of the molecule is COS(=O)(=O)NC[C@H]1O[C@@H](OCc2ccccc2)[C@@H]2OC(=O)O[C@@H]21. The highest BCUT2D eigenvalue weighted by Crippen LogP contribution is 2.32. The van der Waals surface area contributed by atoms with Crippen LogP contribution in [0.1, 0.15) is 5.56 Å². The van der Waals surface area contributed by atoms with Crippen molar-refractivity contribution < 1.29 is 36.3 Å². The van der Waals surface area contributed by atoms with Gasteiger partial charge in [-0.1, -0.05) is 30.3 Å². The van der Waals surface area contributed by atoms with Crippen molar-refractivity contribution in [1.29, 1.82) is 0 Å². The fraction of sp³-hybridized carbons (Fsp3) is 0.500. The highest BCUT2D eigenvalue weighted by molar-refractivity contribution is 7.84. The maximum absolute atomic E-state index is 11.4. The normalized spacial score (nSPS) is 29.1. The molecule has 2 saturated heterocycles. The summed E-state index contributed by atoms with van der Waals surface area (Å²) in [5.74, 6) is 0. The molecule has 0 saturated carbocycles. The second kappa shape index (κ2) is 7.03. The van der Waals surface area contributed by atoms with Gasteiger partial charge in [0.2, 0.25) is 0 Å². The molecule has 0 radical (unpaired) electrons. The Labute approximate surface area is 139 Å². The summed E-state index contributed by atoms with van der Waals surface area (Å²) >= 11 is 0. The van der Waals surface area contributed by atoms with E-state index in [-0.39, 0.29) is 13.2 Å². The van der Waals surface area contributed by atoms with Gasteiger partial charge in [0, 0.05) is 6.54 Å². The van der Waals surface area contributed by atoms with Gasteiger partial charge >= 0.3 is 16.5 Å². The van der Waals surface area contributed by atoms with Gasteiger partial charge in [0.05, 0.1) is 13.7 Å². The highest BCUT2D eigenvalue weighted by Gasteiger charge is 2.54. The van der Waals surface area contributed by atoms with E-state index in [4.69, 9.17) is 18.9 Å². The minimum atomic E-state index is -3.87. The number of rotatable bonds is 7. The molecule has 2 aliphatic rings. The van der Waals surface area contributed by atoms with Crippen LogP contribution in [0.2, 0.25) is 0 Å². The van der Waals surface area contributed by atoms with E-state index < -0.39 is 41.1 Å². The summed E-state index contributed by atoms with van der Waals surface area (Å²) in [5.41, 5.74) is 0.923. The summed E-state index contributed by atoms with van der Waals surface area (Å²) in [7, 11) is -2.84. The fourth-order valence-electron chi connectivity index (χ4n) is 2.50. The molecular weight excluding hydrogens is 342 g/mol. The number of hydrogen-bond acceptors (Lipinski definition) is 8. The monoisotopic (exact) mass is 359 g/mol. The first-order valence-electron chi connectivity index (χ1n) is 7.22. The average Bonchev–Trinajstić information content (AvgIpc) is 3.10. The first-order valence-corrected chi connectivity index (χ1v) is 8.63. The predicted molar refractivity (Wildman–Crippen MR) is 79.0 cm³/mol. The number of hydrogen-bond donors (Lipinski definition) is 1. The lowest BCUT2D eigenvalue weighted by Gasteiger charge is -2.17. The van der Waals surface area contributed by atoms with Crippen LogP contribution in [0, 0.1) is 0 Å². The van der Waals surface area contributed by atoms with Gasteiger partial charge in [0.1, 0.15) is 6.10 Å². The third kappa shape index (κ3) is 3.84. The Kier molecular flexibility index (Phi) is 5.01. The first kappa shape index (κ1) is 17.1. The maximum atomic E-state index is 11.4. The van der Waals surface area contributed by atoms with Crippen molar-refractivity contribution in [1.82, 2.24) is 4.72 Å². The van der Waals surface area contributed by atoms with E-state index in [2.05, 4.69) is 8.91 Å². The number of nitrogens with one attached hydrogen (secondary N) is 1. The molecule has 1 aromatic carbocycles. The second-order valence-corrected chi connectivity index (χ2v) is 6.75. The van der Waals surface area contributed by atoms with Crippen molar-refractivity contribution in [3.05, 3.63) is 35.9 Å². The molecule has 4 atom stereocenters. The Morgan fingerprint density at radius 1 is 1.17 bits per heavy atom. The lowest BCUT2D eigenvalue weighted by atomic mass is 10.1. The van der Waals surface area contributed by atoms with Crippen LogP contribution in [0.5, 0.6) is 0 Å². The van der Waals surface area contributed by atoms with Gasteiger partial charge in [-0.2, -0.15) is 13.1 Å². The third-order valence-electron chi connectivity index (χ3n) is 3.67. The largest absolute Gasteiger partial charge is 0.509 e. The van der Waals surface area contributed by atoms with Crippen LogP contribution in [-0.4, -0.2) is 52.8 Å². The molecule has 3 rings (SSSR count). The van der Waals surface area contributed by atoms with Crippen molar-refractivity contribution in [2.75, 3.05) is 13.7 Å². The highest BCUT2D eigenvalue weighted by atomic mass is 32.2. The Hall–Kier alpha value is -1.72. The van der Waals surface area contributed by atoms with Gasteiger partial charge in [-0.25, -0.2) is 4.79 Å². The minimum absolute atomic E-state index is 0.140. The standard InChI is InChI=1S/C14H17NO8S/c1-19-24(17,18)15-7-10-11-12(23-14(16)22-11)13(21-10)20-8-9-5-3-2-4-6-9/h2-6,10-13,15H,7-8H2,1H3/t10-,11-,12-,13-/m1/s1. The third-order valence-corrected chi connectivity index (χ3v) is 4.63. The van der Waals surface area contributed by atoms with Crippen LogP contribution in [0.3, 0.4) is 0 Å². The quantitative estimate of drug-likeness (QED) is 0.693. The molecule has 24 heavy (non-hydrogen) atoms. The molecule has 0 amide bonds. The molecule has 2 heterocycles. The summed E-state index contributed by atoms with van der Waals surface area (Å²) in [4.78, 5) is 11.4. The molecule has 132 valence electrons. The number of carbonyl (C=O) groups is 1. The van der Waals surface area contributed by atoms with Crippen LogP contribution in [-0.2, 0) is 40.0 Å². The van der Waals surface area contributed by atoms with E-state index in [1.165, 1.54) is 0 Å². The minimum Gasteiger partial charge on any atom is -0.424 e. The topological polar surface area (TPSA) is 109 Å². The molecular formula is C14H17NO8S. The molecule has 0 bridgehead atoms. The van der Waals surface area contributed by atoms with E-state index in [1.54, 1.807) is 0 Å². The zero-order chi connectivity index (χ0) is 17.2. The van der Waals surface area contributed by atoms with Gasteiger partial charge in [-0.05, 0) is 5.56 Å². The Morgan fingerprint density at radius 3 is 2.58 bits per heavy atom. The van der Waals surface area contributed by atoms with Crippen molar-refractivity contribution in [2.45, 2.75) is 31.2 Å². The van der Waals surface area contributed by atoms with E-state index in [0.717, 1.165) is 12.7 Å². The van der Waals surface area contributed by atoms with Crippen LogP contribution in [0.4, 0.5) is 4.79 Å². The second-order valence-electron chi connectivity index (χ2n) is 5.22. The van der Waals surface area contributed by atoms with Gasteiger partial charge in [-0.3, -0.25) is 4.18 Å². The molecule has 1 aromatic rings. The van der Waals surface area contributed by atoms with E-state index in [1.807, 2.05) is 30.3 Å². The number of benzene rings is 1. The number of carbonyl (C=O) groups excluding carboxylic acids is 1. The molecule has 0 aromatic heterocycles. The molecule has 0 aliphatic carbocycles. The lowest BCUT2D eigenvalue weighted by molar-refractivity contribution is -0.172. The number of fused-ring (bicyclic) bond motifs is 1. The van der Waals surface area contributed by atoms with Crippen molar-refractivity contribution in [3.63, 3.8) is 0 Å². The average molecular weight is 359 g/mol. The Balaban J connectivity index is 1.62. The molecule has 10 heteroatoms. The summed E-state index contributed by atoms with van der Waals surface area (Å²) in [6.07, 6.45) is -3.93. The van der Waals surface area contributed by atoms with E-state index >= 15 is 0 Å². The van der Waals surface area contributed by atoms with Crippen LogP contribution >= 0.6 is 0 Å². The molecule has 0 spiro atoms. The van der Waals surface area contributed by atoms with Crippen LogP contribution in [0.15, 0.2) is 30.3 Å². The predicted octanol–water partition coefficient (Wildman–Crippen LogP) is 0.313. The van der Waals surface area contributed by atoms with Crippen molar-refractivity contribution in [3.8, 4) is 0 Å². The molecule has 2 fully saturated rings. The van der Waals surface area contributed by atoms with Gasteiger partial charge < -0.3 is 18.9 Å². The van der Waals surface area contributed by atoms with Crippen molar-refractivity contribution in [2.24, 2.45) is 0 Å². The first-order chi connectivity index (χ1) is 11.5. The Bertz CT molecular complexity index is 679. The molecule has 2 aliphatic heterocycles. The fourth-order valence-corrected chi connectivity index (χ4v) is 2.99. The van der Waals surface area contributed by atoms with Gasteiger partial charge in [-0.15, -0.1) is 0 Å². The molecule has 9 nitrogen and oxygen atoms in total. The smallest absolute Gasteiger partial charge is 0.424 e. The lowest BCUT2D eigenvalue weighted by Crippen LogP contribution is -2.39.